The summed E-state index contributed by atoms with van der Waals surface area (Å²) >= 11 is 0. The molecule has 2 rings (SSSR count). The molecule has 0 spiro atoms. The maximum absolute atomic E-state index is 11.7. The van der Waals surface area contributed by atoms with E-state index in [0.29, 0.717) is 31.0 Å². The third-order valence-electron chi connectivity index (χ3n) is 3.80. The molecule has 2 heterocycles. The largest absolute Gasteiger partial charge is 0.354 e. The van der Waals surface area contributed by atoms with Gasteiger partial charge in [0.1, 0.15) is 11.5 Å². The second kappa shape index (κ2) is 6.70. The molecule has 1 aliphatic heterocycles. The van der Waals surface area contributed by atoms with Gasteiger partial charge in [0.2, 0.25) is 10.0 Å². The fourth-order valence-electron chi connectivity index (χ4n) is 2.77. The molecule has 8 heteroatoms. The van der Waals surface area contributed by atoms with Crippen LogP contribution in [0.15, 0.2) is 6.07 Å². The number of hydrogen-bond donors (Lipinski definition) is 1. The molecule has 22 heavy (non-hydrogen) atoms. The number of nitrogens with one attached hydrogen (secondary N) is 1. The number of aryl methyl sites for hydroxylation is 1. The van der Waals surface area contributed by atoms with Gasteiger partial charge in [-0.1, -0.05) is 0 Å². The normalized spacial score (nSPS) is 19.9. The van der Waals surface area contributed by atoms with Gasteiger partial charge in [-0.15, -0.1) is 0 Å². The lowest BCUT2D eigenvalue weighted by Gasteiger charge is -2.30. The van der Waals surface area contributed by atoms with Crippen molar-refractivity contribution in [3.8, 4) is 0 Å². The Morgan fingerprint density at radius 2 is 2.18 bits per heavy atom. The van der Waals surface area contributed by atoms with Crippen molar-refractivity contribution < 1.29 is 13.2 Å². The van der Waals surface area contributed by atoms with Gasteiger partial charge >= 0.3 is 0 Å². The second-order valence-corrected chi connectivity index (χ2v) is 7.69. The van der Waals surface area contributed by atoms with E-state index in [1.165, 1.54) is 10.6 Å². The Balaban J connectivity index is 2.13. The Labute approximate surface area is 131 Å². The Bertz CT molecular complexity index is 660. The maximum atomic E-state index is 11.7. The molecule has 7 nitrogen and oxygen atoms in total. The van der Waals surface area contributed by atoms with Crippen LogP contribution >= 0.6 is 0 Å². The maximum Gasteiger partial charge on any atom is 0.269 e. The smallest absolute Gasteiger partial charge is 0.269 e. The first-order chi connectivity index (χ1) is 10.3. The summed E-state index contributed by atoms with van der Waals surface area (Å²) in [7, 11) is -1.59. The summed E-state index contributed by atoms with van der Waals surface area (Å²) < 4.78 is 24.9. The molecule has 0 unspecified atom stereocenters. The standard InChI is InChI=1S/C14H22N4O3S/c1-10-16-12(8-13(17-10)14(19)15-2)7-11-5-4-6-18(9-11)22(3,20)21/h8,11H,4-7,9H2,1-3H3,(H,15,19)/t11-/m1/s1. The molecule has 1 aliphatic rings. The highest BCUT2D eigenvalue weighted by Crippen LogP contribution is 2.22. The monoisotopic (exact) mass is 326 g/mol. The van der Waals surface area contributed by atoms with E-state index in [1.807, 2.05) is 0 Å². The molecule has 1 saturated heterocycles. The van der Waals surface area contributed by atoms with Gasteiger partial charge in [0, 0.05) is 25.8 Å². The number of piperidine rings is 1. The zero-order valence-electron chi connectivity index (χ0n) is 13.2. The number of rotatable bonds is 4. The van der Waals surface area contributed by atoms with E-state index in [1.54, 1.807) is 20.0 Å². The SMILES string of the molecule is CNC(=O)c1cc(C[C@H]2CCCN(S(C)(=O)=O)C2)nc(C)n1. The lowest BCUT2D eigenvalue weighted by molar-refractivity contribution is 0.0957. The summed E-state index contributed by atoms with van der Waals surface area (Å²) in [6.07, 6.45) is 3.71. The lowest BCUT2D eigenvalue weighted by Crippen LogP contribution is -2.39. The van der Waals surface area contributed by atoms with Gasteiger partial charge in [0.25, 0.3) is 5.91 Å². The quantitative estimate of drug-likeness (QED) is 0.862. The number of carbonyl (C=O) groups is 1. The molecule has 0 bridgehead atoms. The molecular formula is C14H22N4O3S. The van der Waals surface area contributed by atoms with Crippen LogP contribution in [0.5, 0.6) is 0 Å². The van der Waals surface area contributed by atoms with Crippen LogP contribution in [0.3, 0.4) is 0 Å². The van der Waals surface area contributed by atoms with Crippen LogP contribution in [-0.4, -0.2) is 55.0 Å². The first kappa shape index (κ1) is 16.8. The lowest BCUT2D eigenvalue weighted by atomic mass is 9.94. The first-order valence-corrected chi connectivity index (χ1v) is 9.16. The fraction of sp³-hybridized carbons (Fsp3) is 0.643. The Hall–Kier alpha value is -1.54. The number of nitrogens with zero attached hydrogens (tertiary/aromatic N) is 3. The molecule has 1 aromatic heterocycles. The van der Waals surface area contributed by atoms with E-state index in [9.17, 15) is 13.2 Å². The topological polar surface area (TPSA) is 92.3 Å². The van der Waals surface area contributed by atoms with Crippen molar-refractivity contribution in [2.75, 3.05) is 26.4 Å². The molecule has 0 aliphatic carbocycles. The minimum atomic E-state index is -3.15. The van der Waals surface area contributed by atoms with Crippen molar-refractivity contribution in [2.45, 2.75) is 26.2 Å². The highest BCUT2D eigenvalue weighted by molar-refractivity contribution is 7.88. The van der Waals surface area contributed by atoms with Crippen molar-refractivity contribution in [3.05, 3.63) is 23.3 Å². The average molecular weight is 326 g/mol. The summed E-state index contributed by atoms with van der Waals surface area (Å²) in [5.74, 6) is 0.523. The molecule has 1 atom stereocenters. The molecule has 1 amide bonds. The number of aromatic nitrogens is 2. The van der Waals surface area contributed by atoms with Gasteiger partial charge in [-0.25, -0.2) is 22.7 Å². The minimum Gasteiger partial charge on any atom is -0.354 e. The van der Waals surface area contributed by atoms with Gasteiger partial charge in [-0.2, -0.15) is 0 Å². The van der Waals surface area contributed by atoms with Gasteiger partial charge in [0.05, 0.1) is 6.26 Å². The average Bonchev–Trinajstić information content (AvgIpc) is 2.45. The third-order valence-corrected chi connectivity index (χ3v) is 5.07. The molecule has 122 valence electrons. The predicted molar refractivity (Wildman–Crippen MR) is 83.0 cm³/mol. The number of hydrogen-bond acceptors (Lipinski definition) is 5. The number of amides is 1. The minimum absolute atomic E-state index is 0.218. The van der Waals surface area contributed by atoms with Crippen LogP contribution in [0.25, 0.3) is 0 Å². The Morgan fingerprint density at radius 1 is 1.45 bits per heavy atom. The van der Waals surface area contributed by atoms with Crippen molar-refractivity contribution in [1.82, 2.24) is 19.6 Å². The zero-order valence-corrected chi connectivity index (χ0v) is 14.0. The highest BCUT2D eigenvalue weighted by atomic mass is 32.2. The van der Waals surface area contributed by atoms with Crippen LogP contribution in [0.2, 0.25) is 0 Å². The molecule has 1 aromatic rings. The van der Waals surface area contributed by atoms with Crippen LogP contribution < -0.4 is 5.32 Å². The summed E-state index contributed by atoms with van der Waals surface area (Å²) in [5.41, 5.74) is 1.13. The Kier molecular flexibility index (Phi) is 5.12. The van der Waals surface area contributed by atoms with E-state index in [2.05, 4.69) is 15.3 Å². The van der Waals surface area contributed by atoms with Crippen molar-refractivity contribution in [1.29, 1.82) is 0 Å². The van der Waals surface area contributed by atoms with E-state index in [4.69, 9.17) is 0 Å². The van der Waals surface area contributed by atoms with E-state index >= 15 is 0 Å². The van der Waals surface area contributed by atoms with Crippen LogP contribution in [0, 0.1) is 12.8 Å². The molecule has 1 fully saturated rings. The van der Waals surface area contributed by atoms with E-state index in [0.717, 1.165) is 18.5 Å². The van der Waals surface area contributed by atoms with Crippen molar-refractivity contribution in [3.63, 3.8) is 0 Å². The van der Waals surface area contributed by atoms with Gasteiger partial charge in [-0.05, 0) is 38.2 Å². The summed E-state index contributed by atoms with van der Waals surface area (Å²) in [5, 5.41) is 2.55. The second-order valence-electron chi connectivity index (χ2n) is 5.70. The van der Waals surface area contributed by atoms with Crippen molar-refractivity contribution in [2.24, 2.45) is 5.92 Å². The molecule has 1 N–H and O–H groups in total. The number of sulfonamides is 1. The van der Waals surface area contributed by atoms with Gasteiger partial charge in [-0.3, -0.25) is 4.79 Å². The number of carbonyl (C=O) groups excluding carboxylic acids is 1. The predicted octanol–water partition coefficient (Wildman–Crippen LogP) is 0.359. The summed E-state index contributed by atoms with van der Waals surface area (Å²) in [6, 6.07) is 1.69. The van der Waals surface area contributed by atoms with Crippen LogP contribution in [0.1, 0.15) is 34.8 Å². The highest BCUT2D eigenvalue weighted by Gasteiger charge is 2.26. The summed E-state index contributed by atoms with van der Waals surface area (Å²) in [4.78, 5) is 20.2. The molecule has 0 radical (unpaired) electrons. The Morgan fingerprint density at radius 3 is 2.82 bits per heavy atom. The molecular weight excluding hydrogens is 304 g/mol. The molecule has 0 aromatic carbocycles. The molecule has 0 saturated carbocycles. The van der Waals surface area contributed by atoms with Crippen LogP contribution in [-0.2, 0) is 16.4 Å². The first-order valence-electron chi connectivity index (χ1n) is 7.31. The van der Waals surface area contributed by atoms with Gasteiger partial charge < -0.3 is 5.32 Å². The third kappa shape index (κ3) is 4.23. The summed E-state index contributed by atoms with van der Waals surface area (Å²) in [6.45, 7) is 2.85. The van der Waals surface area contributed by atoms with Crippen LogP contribution in [0.4, 0.5) is 0 Å². The van der Waals surface area contributed by atoms with E-state index in [-0.39, 0.29) is 11.8 Å². The fourth-order valence-corrected chi connectivity index (χ4v) is 3.71. The van der Waals surface area contributed by atoms with E-state index < -0.39 is 10.0 Å². The van der Waals surface area contributed by atoms with Crippen molar-refractivity contribution >= 4 is 15.9 Å². The zero-order chi connectivity index (χ0) is 16.3. The van der Waals surface area contributed by atoms with Gasteiger partial charge in [0.15, 0.2) is 0 Å².